The molecule has 3 saturated heterocycles. The average Bonchev–Trinajstić information content (AvgIpc) is 3.81. The number of carbonyl (C=O) groups excluding carboxylic acids is 1. The zero-order chi connectivity index (χ0) is 29.8. The quantitative estimate of drug-likeness (QED) is 0.326. The fourth-order valence-electron chi connectivity index (χ4n) is 7.63. The Labute approximate surface area is 258 Å². The molecule has 9 rings (SSSR count). The highest BCUT2D eigenvalue weighted by Crippen LogP contribution is 2.41. The van der Waals surface area contributed by atoms with Crippen LogP contribution in [0.1, 0.15) is 50.5 Å². The summed E-state index contributed by atoms with van der Waals surface area (Å²) in [5.74, 6) is -0.0165. The first kappa shape index (κ1) is 27.8. The van der Waals surface area contributed by atoms with Gasteiger partial charge in [0.15, 0.2) is 5.82 Å². The van der Waals surface area contributed by atoms with Gasteiger partial charge in [-0.3, -0.25) is 15.0 Å². The number of ether oxygens (including phenoxy) is 2. The molecule has 11 nitrogen and oxygen atoms in total. The third-order valence-corrected chi connectivity index (χ3v) is 10.2. The number of nitrogens with zero attached hydrogens (tertiary/aromatic N) is 6. The second-order valence-electron chi connectivity index (χ2n) is 12.4. The molecule has 3 fully saturated rings. The first-order chi connectivity index (χ1) is 21.5. The van der Waals surface area contributed by atoms with E-state index in [2.05, 4.69) is 30.4 Å². The largest absolute Gasteiger partial charge is 0.461 e. The van der Waals surface area contributed by atoms with Gasteiger partial charge in [0.1, 0.15) is 23.6 Å². The highest BCUT2D eigenvalue weighted by Gasteiger charge is 2.45. The topological polar surface area (TPSA) is 121 Å². The number of nitrogens with one attached hydrogen (secondary N) is 2. The van der Waals surface area contributed by atoms with Crippen molar-refractivity contribution in [3.8, 4) is 17.3 Å². The summed E-state index contributed by atoms with van der Waals surface area (Å²) in [5, 5.41) is 11.8. The molecular weight excluding hydrogens is 587 g/mol. The van der Waals surface area contributed by atoms with Crippen LogP contribution in [0, 0.1) is 5.82 Å². The number of halogens is 2. The smallest absolute Gasteiger partial charge is 0.407 e. The van der Waals surface area contributed by atoms with Crippen LogP contribution in [-0.2, 0) is 11.2 Å². The van der Waals surface area contributed by atoms with Crippen LogP contribution in [0.15, 0.2) is 18.5 Å². The minimum absolute atomic E-state index is 0.0156. The molecule has 1 unspecified atom stereocenters. The lowest BCUT2D eigenvalue weighted by Gasteiger charge is -2.31. The van der Waals surface area contributed by atoms with E-state index < -0.39 is 11.9 Å². The standard InChI is InChI=1S/C31H34ClFN8O3/c32-22-13-23-20(15-35-39-23)24-19(22)5-1-2-12-43-30(42)36-18-6-11-40(16-18)28-21-14-34-27(24)25(33)26(21)37-29(38-28)44-17-31-7-3-9-41(31)10-4-8-31/h13-15,18H,1-12,16-17H2,(H,35,39)(H,36,42). The second kappa shape index (κ2) is 11.0. The van der Waals surface area contributed by atoms with E-state index >= 15 is 4.39 Å². The molecule has 44 heavy (non-hydrogen) atoms. The number of fused-ring (bicyclic) bond motifs is 9. The lowest BCUT2D eigenvalue weighted by molar-refractivity contribution is 0.108. The van der Waals surface area contributed by atoms with Gasteiger partial charge in [-0.1, -0.05) is 11.6 Å². The van der Waals surface area contributed by atoms with Gasteiger partial charge in [0.25, 0.3) is 0 Å². The molecule has 1 amide bonds. The van der Waals surface area contributed by atoms with Gasteiger partial charge in [-0.05, 0) is 76.1 Å². The summed E-state index contributed by atoms with van der Waals surface area (Å²) in [5.41, 5.74) is 2.32. The van der Waals surface area contributed by atoms with Crippen molar-refractivity contribution < 1.29 is 18.7 Å². The van der Waals surface area contributed by atoms with Gasteiger partial charge in [0.05, 0.1) is 35.3 Å². The Hall–Kier alpha value is -3.77. The number of benzene rings is 1. The molecule has 230 valence electrons. The predicted octanol–water partition coefficient (Wildman–Crippen LogP) is 5.01. The molecule has 1 aromatic carbocycles. The van der Waals surface area contributed by atoms with Crippen LogP contribution in [0.4, 0.5) is 15.0 Å². The zero-order valence-electron chi connectivity index (χ0n) is 24.4. The van der Waals surface area contributed by atoms with Gasteiger partial charge in [-0.25, -0.2) is 9.18 Å². The molecule has 0 saturated carbocycles. The summed E-state index contributed by atoms with van der Waals surface area (Å²) in [6, 6.07) is 1.82. The van der Waals surface area contributed by atoms with Gasteiger partial charge >= 0.3 is 12.1 Å². The maximum Gasteiger partial charge on any atom is 0.407 e. The number of amides is 1. The Bertz CT molecular complexity index is 1760. The van der Waals surface area contributed by atoms with Gasteiger partial charge in [-0.2, -0.15) is 15.1 Å². The van der Waals surface area contributed by atoms with Crippen molar-refractivity contribution in [3.63, 3.8) is 0 Å². The molecule has 1 atom stereocenters. The first-order valence-corrected chi connectivity index (χ1v) is 15.9. The van der Waals surface area contributed by atoms with E-state index in [0.29, 0.717) is 72.7 Å². The molecule has 2 N–H and O–H groups in total. The predicted molar refractivity (Wildman–Crippen MR) is 164 cm³/mol. The minimum atomic E-state index is -0.555. The van der Waals surface area contributed by atoms with Gasteiger partial charge in [-0.15, -0.1) is 0 Å². The third kappa shape index (κ3) is 4.70. The fourth-order valence-corrected chi connectivity index (χ4v) is 7.92. The molecule has 13 heteroatoms. The fraction of sp³-hybridized carbons (Fsp3) is 0.516. The summed E-state index contributed by atoms with van der Waals surface area (Å²) in [4.78, 5) is 31.3. The van der Waals surface area contributed by atoms with Crippen LogP contribution < -0.4 is 15.0 Å². The number of rotatable bonds is 3. The Morgan fingerprint density at radius 1 is 1.11 bits per heavy atom. The molecular formula is C31H34ClFN8O3. The number of alkyl carbamates (subject to hydrolysis) is 1. The number of hydrogen-bond donors (Lipinski definition) is 2. The van der Waals surface area contributed by atoms with Crippen molar-refractivity contribution in [1.82, 2.24) is 35.4 Å². The molecule has 6 bridgehead atoms. The Morgan fingerprint density at radius 2 is 1.98 bits per heavy atom. The van der Waals surface area contributed by atoms with Crippen LogP contribution >= 0.6 is 11.6 Å². The number of carbonyl (C=O) groups is 1. The summed E-state index contributed by atoms with van der Waals surface area (Å²) >= 11 is 6.79. The number of H-pyrrole nitrogens is 1. The van der Waals surface area contributed by atoms with E-state index in [-0.39, 0.29) is 35.4 Å². The number of pyridine rings is 1. The zero-order valence-corrected chi connectivity index (χ0v) is 25.1. The molecule has 5 aliphatic rings. The minimum Gasteiger partial charge on any atom is -0.461 e. The van der Waals surface area contributed by atoms with E-state index in [1.807, 2.05) is 4.90 Å². The van der Waals surface area contributed by atoms with Crippen molar-refractivity contribution >= 4 is 45.3 Å². The highest BCUT2D eigenvalue weighted by atomic mass is 35.5. The molecule has 0 aliphatic carbocycles. The third-order valence-electron chi connectivity index (χ3n) is 9.82. The Kier molecular flexibility index (Phi) is 6.93. The molecule has 0 radical (unpaired) electrons. The van der Waals surface area contributed by atoms with E-state index in [0.717, 1.165) is 49.7 Å². The summed E-state index contributed by atoms with van der Waals surface area (Å²) < 4.78 is 28.8. The van der Waals surface area contributed by atoms with Crippen molar-refractivity contribution in [1.29, 1.82) is 0 Å². The lowest BCUT2D eigenvalue weighted by Crippen LogP contribution is -2.43. The van der Waals surface area contributed by atoms with Crippen molar-refractivity contribution in [2.75, 3.05) is 44.3 Å². The van der Waals surface area contributed by atoms with Crippen LogP contribution in [0.3, 0.4) is 0 Å². The summed E-state index contributed by atoms with van der Waals surface area (Å²) in [6.45, 7) is 4.00. The number of aromatic amines is 1. The Morgan fingerprint density at radius 3 is 2.84 bits per heavy atom. The van der Waals surface area contributed by atoms with Crippen molar-refractivity contribution in [3.05, 3.63) is 34.9 Å². The lowest BCUT2D eigenvalue weighted by atomic mass is 9.95. The van der Waals surface area contributed by atoms with Crippen LogP contribution in [0.2, 0.25) is 5.02 Å². The van der Waals surface area contributed by atoms with Gasteiger partial charge in [0, 0.05) is 35.3 Å². The van der Waals surface area contributed by atoms with Crippen molar-refractivity contribution in [2.24, 2.45) is 0 Å². The number of hydrogen-bond acceptors (Lipinski definition) is 9. The van der Waals surface area contributed by atoms with E-state index in [1.165, 1.54) is 0 Å². The number of aromatic nitrogens is 5. The van der Waals surface area contributed by atoms with Crippen LogP contribution in [0.25, 0.3) is 33.1 Å². The molecule has 0 spiro atoms. The summed E-state index contributed by atoms with van der Waals surface area (Å²) in [6.07, 6.45) is 9.86. The van der Waals surface area contributed by atoms with E-state index in [1.54, 1.807) is 18.5 Å². The van der Waals surface area contributed by atoms with Crippen molar-refractivity contribution in [2.45, 2.75) is 62.9 Å². The Balaban J connectivity index is 1.28. The second-order valence-corrected chi connectivity index (χ2v) is 12.8. The van der Waals surface area contributed by atoms with Crippen LogP contribution in [-0.4, -0.2) is 87.1 Å². The molecule has 3 aromatic heterocycles. The normalized spacial score (nSPS) is 21.9. The molecule has 8 heterocycles. The molecule has 5 aliphatic heterocycles. The van der Waals surface area contributed by atoms with Gasteiger partial charge < -0.3 is 19.7 Å². The monoisotopic (exact) mass is 620 g/mol. The van der Waals surface area contributed by atoms with E-state index in [4.69, 9.17) is 26.1 Å². The highest BCUT2D eigenvalue weighted by molar-refractivity contribution is 6.33. The average molecular weight is 621 g/mol. The van der Waals surface area contributed by atoms with E-state index in [9.17, 15) is 4.79 Å². The maximum absolute atomic E-state index is 16.9. The van der Waals surface area contributed by atoms with Gasteiger partial charge in [0.2, 0.25) is 0 Å². The maximum atomic E-state index is 16.9. The summed E-state index contributed by atoms with van der Waals surface area (Å²) in [7, 11) is 0. The SMILES string of the molecule is O=C1NC2CCN(C2)c2nc(OCC34CCCN3CCC4)nc3c(F)c(ncc23)-c2c(c(Cl)cc3[nH]ncc23)CCCCO1. The molecule has 4 aromatic rings. The van der Waals surface area contributed by atoms with Crippen LogP contribution in [0.5, 0.6) is 6.01 Å². The first-order valence-electron chi connectivity index (χ1n) is 15.6. The number of anilines is 1.